The Labute approximate surface area is 129 Å². The van der Waals surface area contributed by atoms with Crippen LogP contribution in [-0.2, 0) is 6.54 Å². The van der Waals surface area contributed by atoms with Crippen molar-refractivity contribution in [1.82, 2.24) is 0 Å². The van der Waals surface area contributed by atoms with Crippen molar-refractivity contribution >= 4 is 23.9 Å². The predicted octanol–water partition coefficient (Wildman–Crippen LogP) is 2.65. The van der Waals surface area contributed by atoms with Gasteiger partial charge in [0.2, 0.25) is 11.4 Å². The Morgan fingerprint density at radius 3 is 2.59 bits per heavy atom. The SMILES string of the molecule is C=Cc1cccc(/C=C/c2cccc([N+](=O)[O-])c2)[n+]1CCN. The van der Waals surface area contributed by atoms with Gasteiger partial charge in [-0.1, -0.05) is 18.7 Å². The Kier molecular flexibility index (Phi) is 5.16. The summed E-state index contributed by atoms with van der Waals surface area (Å²) in [5.41, 5.74) is 8.46. The fourth-order valence-corrected chi connectivity index (χ4v) is 2.21. The van der Waals surface area contributed by atoms with E-state index in [1.165, 1.54) is 6.07 Å². The van der Waals surface area contributed by atoms with Crippen LogP contribution >= 0.6 is 0 Å². The molecular weight excluding hydrogens is 278 g/mol. The Balaban J connectivity index is 2.35. The summed E-state index contributed by atoms with van der Waals surface area (Å²) in [4.78, 5) is 10.4. The smallest absolute Gasteiger partial charge is 0.270 e. The largest absolute Gasteiger partial charge is 0.325 e. The number of nitro benzene ring substituents is 1. The molecule has 1 aromatic heterocycles. The van der Waals surface area contributed by atoms with Crippen molar-refractivity contribution in [2.45, 2.75) is 6.54 Å². The van der Waals surface area contributed by atoms with Gasteiger partial charge in [0.05, 0.1) is 11.5 Å². The molecule has 2 rings (SSSR count). The second-order valence-electron chi connectivity index (χ2n) is 4.71. The molecule has 0 saturated heterocycles. The highest BCUT2D eigenvalue weighted by atomic mass is 16.6. The van der Waals surface area contributed by atoms with E-state index in [0.717, 1.165) is 17.0 Å². The maximum absolute atomic E-state index is 10.8. The normalized spacial score (nSPS) is 10.8. The van der Waals surface area contributed by atoms with Gasteiger partial charge in [0.25, 0.3) is 5.69 Å². The van der Waals surface area contributed by atoms with E-state index in [4.69, 9.17) is 5.73 Å². The molecule has 112 valence electrons. The van der Waals surface area contributed by atoms with Crippen LogP contribution in [0, 0.1) is 10.1 Å². The van der Waals surface area contributed by atoms with Crippen LogP contribution in [0.1, 0.15) is 17.0 Å². The molecule has 5 heteroatoms. The lowest BCUT2D eigenvalue weighted by Gasteiger charge is -2.02. The number of non-ortho nitro benzene ring substituents is 1. The van der Waals surface area contributed by atoms with Crippen molar-refractivity contribution in [3.8, 4) is 0 Å². The van der Waals surface area contributed by atoms with Gasteiger partial charge in [-0.25, -0.2) is 0 Å². The van der Waals surface area contributed by atoms with Crippen molar-refractivity contribution in [3.05, 3.63) is 76.1 Å². The molecule has 0 fully saturated rings. The van der Waals surface area contributed by atoms with Crippen LogP contribution in [-0.4, -0.2) is 11.5 Å². The number of benzene rings is 1. The molecule has 0 spiro atoms. The molecular formula is C17H18N3O2+. The van der Waals surface area contributed by atoms with Gasteiger partial charge >= 0.3 is 0 Å². The summed E-state index contributed by atoms with van der Waals surface area (Å²) in [6.07, 6.45) is 5.55. The summed E-state index contributed by atoms with van der Waals surface area (Å²) in [6.45, 7) is 5.00. The first-order valence-corrected chi connectivity index (χ1v) is 6.93. The Morgan fingerprint density at radius 1 is 1.18 bits per heavy atom. The molecule has 2 aromatic rings. The molecule has 1 heterocycles. The van der Waals surface area contributed by atoms with Gasteiger partial charge in [-0.3, -0.25) is 10.1 Å². The highest BCUT2D eigenvalue weighted by Gasteiger charge is 2.11. The lowest BCUT2D eigenvalue weighted by Crippen LogP contribution is -2.43. The summed E-state index contributed by atoms with van der Waals surface area (Å²) < 4.78 is 2.06. The minimum Gasteiger partial charge on any atom is -0.325 e. The number of aromatic nitrogens is 1. The zero-order chi connectivity index (χ0) is 15.9. The number of pyridine rings is 1. The van der Waals surface area contributed by atoms with Gasteiger partial charge in [-0.2, -0.15) is 4.57 Å². The molecule has 0 bridgehead atoms. The molecule has 1 aromatic carbocycles. The number of hydrogen-bond acceptors (Lipinski definition) is 3. The van der Waals surface area contributed by atoms with E-state index in [2.05, 4.69) is 11.1 Å². The summed E-state index contributed by atoms with van der Waals surface area (Å²) in [7, 11) is 0. The van der Waals surface area contributed by atoms with Crippen LogP contribution in [0.3, 0.4) is 0 Å². The second-order valence-corrected chi connectivity index (χ2v) is 4.71. The molecule has 0 aliphatic carbocycles. The Bertz CT molecular complexity index is 724. The first-order valence-electron chi connectivity index (χ1n) is 6.93. The number of nitrogens with zero attached hydrogens (tertiary/aromatic N) is 2. The summed E-state index contributed by atoms with van der Waals surface area (Å²) in [5.74, 6) is 0. The van der Waals surface area contributed by atoms with Crippen molar-refractivity contribution < 1.29 is 9.49 Å². The standard InChI is InChI=1S/C17H18N3O2/c1-2-15-6-4-7-16(19(15)12-11-18)10-9-14-5-3-8-17(13-14)20(21)22/h2-10,13H,1,11-12,18H2/q+1/b10-9+. The Hall–Kier alpha value is -2.79. The van der Waals surface area contributed by atoms with Gasteiger partial charge in [-0.15, -0.1) is 0 Å². The lowest BCUT2D eigenvalue weighted by molar-refractivity contribution is -0.697. The van der Waals surface area contributed by atoms with Crippen LogP contribution in [0.15, 0.2) is 49.0 Å². The first kappa shape index (κ1) is 15.6. The number of hydrogen-bond donors (Lipinski definition) is 1. The highest BCUT2D eigenvalue weighted by Crippen LogP contribution is 2.15. The molecule has 2 N–H and O–H groups in total. The third kappa shape index (κ3) is 3.65. The van der Waals surface area contributed by atoms with Crippen LogP contribution in [0.2, 0.25) is 0 Å². The van der Waals surface area contributed by atoms with Crippen LogP contribution in [0.5, 0.6) is 0 Å². The van der Waals surface area contributed by atoms with E-state index in [9.17, 15) is 10.1 Å². The lowest BCUT2D eigenvalue weighted by atomic mass is 10.1. The molecule has 0 radical (unpaired) electrons. The van der Waals surface area contributed by atoms with E-state index >= 15 is 0 Å². The topological polar surface area (TPSA) is 73.0 Å². The van der Waals surface area contributed by atoms with Crippen LogP contribution in [0.25, 0.3) is 18.2 Å². The van der Waals surface area contributed by atoms with Gasteiger partial charge in [0.1, 0.15) is 0 Å². The monoisotopic (exact) mass is 296 g/mol. The van der Waals surface area contributed by atoms with E-state index in [-0.39, 0.29) is 5.69 Å². The minimum absolute atomic E-state index is 0.0804. The Morgan fingerprint density at radius 2 is 1.91 bits per heavy atom. The zero-order valence-corrected chi connectivity index (χ0v) is 12.2. The van der Waals surface area contributed by atoms with E-state index in [0.29, 0.717) is 13.1 Å². The van der Waals surface area contributed by atoms with E-state index in [1.54, 1.807) is 18.2 Å². The second kappa shape index (κ2) is 7.28. The van der Waals surface area contributed by atoms with Gasteiger partial charge in [-0.05, 0) is 17.7 Å². The third-order valence-electron chi connectivity index (χ3n) is 3.25. The summed E-state index contributed by atoms with van der Waals surface area (Å²) in [6, 6.07) is 12.4. The summed E-state index contributed by atoms with van der Waals surface area (Å²) >= 11 is 0. The predicted molar refractivity (Wildman–Crippen MR) is 87.8 cm³/mol. The molecule has 22 heavy (non-hydrogen) atoms. The van der Waals surface area contributed by atoms with Crippen molar-refractivity contribution in [2.75, 3.05) is 6.54 Å². The molecule has 5 nitrogen and oxygen atoms in total. The molecule has 0 aliphatic heterocycles. The fourth-order valence-electron chi connectivity index (χ4n) is 2.21. The highest BCUT2D eigenvalue weighted by molar-refractivity contribution is 5.68. The number of rotatable bonds is 6. The van der Waals surface area contributed by atoms with Crippen LogP contribution in [0.4, 0.5) is 5.69 Å². The number of nitrogens with two attached hydrogens (primary N) is 1. The van der Waals surface area contributed by atoms with Crippen molar-refractivity contribution in [3.63, 3.8) is 0 Å². The van der Waals surface area contributed by atoms with Crippen LogP contribution < -0.4 is 10.3 Å². The third-order valence-corrected chi connectivity index (χ3v) is 3.25. The average molecular weight is 296 g/mol. The van der Waals surface area contributed by atoms with Gasteiger partial charge in [0.15, 0.2) is 6.54 Å². The molecule has 0 amide bonds. The summed E-state index contributed by atoms with van der Waals surface area (Å²) in [5, 5.41) is 10.8. The number of nitro groups is 1. The minimum atomic E-state index is -0.399. The average Bonchev–Trinajstić information content (AvgIpc) is 2.54. The van der Waals surface area contributed by atoms with Crippen molar-refractivity contribution in [2.24, 2.45) is 5.73 Å². The van der Waals surface area contributed by atoms with Gasteiger partial charge < -0.3 is 5.73 Å². The van der Waals surface area contributed by atoms with E-state index in [1.807, 2.05) is 36.4 Å². The van der Waals surface area contributed by atoms with E-state index < -0.39 is 4.92 Å². The van der Waals surface area contributed by atoms with Gasteiger partial charge in [0, 0.05) is 36.4 Å². The molecule has 0 aliphatic rings. The molecule has 0 atom stereocenters. The van der Waals surface area contributed by atoms with Crippen molar-refractivity contribution in [1.29, 1.82) is 0 Å². The first-order chi connectivity index (χ1) is 10.7. The maximum atomic E-state index is 10.8. The fraction of sp³-hybridized carbons (Fsp3) is 0.118. The molecule has 0 saturated carbocycles. The maximum Gasteiger partial charge on any atom is 0.270 e. The quantitative estimate of drug-likeness (QED) is 0.506. The zero-order valence-electron chi connectivity index (χ0n) is 12.2. The molecule has 0 unspecified atom stereocenters.